The van der Waals surface area contributed by atoms with Crippen LogP contribution in [-0.4, -0.2) is 50.6 Å². The van der Waals surface area contributed by atoms with Gasteiger partial charge in [-0.05, 0) is 38.1 Å². The van der Waals surface area contributed by atoms with Gasteiger partial charge in [-0.3, -0.25) is 14.5 Å². The third kappa shape index (κ3) is 3.97. The third-order valence-corrected chi connectivity index (χ3v) is 6.55. The van der Waals surface area contributed by atoms with Crippen molar-refractivity contribution in [2.24, 2.45) is 0 Å². The monoisotopic (exact) mass is 465 g/mol. The molecule has 2 amide bonds. The van der Waals surface area contributed by atoms with E-state index in [2.05, 4.69) is 15.9 Å². The van der Waals surface area contributed by atoms with Gasteiger partial charge in [0.05, 0.1) is 4.91 Å². The molecule has 0 bridgehead atoms. The lowest BCUT2D eigenvalue weighted by atomic mass is 10.1. The van der Waals surface area contributed by atoms with Crippen molar-refractivity contribution in [2.45, 2.75) is 20.4 Å². The summed E-state index contributed by atoms with van der Waals surface area (Å²) >= 11 is 10.0. The van der Waals surface area contributed by atoms with Crippen molar-refractivity contribution in [1.82, 2.24) is 14.4 Å². The topological polar surface area (TPSA) is 45.6 Å². The van der Waals surface area contributed by atoms with E-state index < -0.39 is 0 Å². The Morgan fingerprint density at radius 3 is 2.63 bits per heavy atom. The minimum absolute atomic E-state index is 0.0752. The van der Waals surface area contributed by atoms with Crippen molar-refractivity contribution in [3.63, 3.8) is 0 Å². The molecule has 0 radical (unpaired) electrons. The molecule has 3 rings (SSSR count). The zero-order chi connectivity index (χ0) is 19.7. The van der Waals surface area contributed by atoms with E-state index in [1.165, 1.54) is 16.7 Å². The Morgan fingerprint density at radius 1 is 1.33 bits per heavy atom. The van der Waals surface area contributed by atoms with Crippen LogP contribution < -0.4 is 0 Å². The van der Waals surface area contributed by atoms with Crippen molar-refractivity contribution in [3.05, 3.63) is 39.3 Å². The summed E-state index contributed by atoms with van der Waals surface area (Å²) in [6, 6.07) is 5.94. The number of thiocarbonyl (C=S) groups is 1. The van der Waals surface area contributed by atoms with E-state index >= 15 is 0 Å². The molecule has 0 saturated carbocycles. The van der Waals surface area contributed by atoms with Crippen LogP contribution in [0.25, 0.3) is 17.0 Å². The largest absolute Gasteiger partial charge is 0.342 e. The van der Waals surface area contributed by atoms with Gasteiger partial charge >= 0.3 is 0 Å². The molecule has 1 aromatic carbocycles. The quantitative estimate of drug-likeness (QED) is 0.492. The molecule has 1 aliphatic rings. The molecule has 5 nitrogen and oxygen atoms in total. The van der Waals surface area contributed by atoms with E-state index in [4.69, 9.17) is 12.2 Å². The first kappa shape index (κ1) is 20.1. The zero-order valence-corrected chi connectivity index (χ0v) is 18.6. The van der Waals surface area contributed by atoms with Crippen LogP contribution >= 0.6 is 39.9 Å². The van der Waals surface area contributed by atoms with Gasteiger partial charge in [0.25, 0.3) is 5.91 Å². The van der Waals surface area contributed by atoms with Gasteiger partial charge in [0, 0.05) is 47.3 Å². The molecule has 1 aromatic heterocycles. The van der Waals surface area contributed by atoms with Crippen LogP contribution in [0.4, 0.5) is 0 Å². The lowest BCUT2D eigenvalue weighted by molar-refractivity contribution is -0.131. The molecule has 0 N–H and O–H groups in total. The number of fused-ring (bicyclic) bond motifs is 1. The minimum Gasteiger partial charge on any atom is -0.342 e. The Kier molecular flexibility index (Phi) is 6.08. The molecule has 0 aliphatic carbocycles. The van der Waals surface area contributed by atoms with Crippen LogP contribution in [-0.2, 0) is 16.1 Å². The van der Waals surface area contributed by atoms with Gasteiger partial charge in [0.1, 0.15) is 10.9 Å². The van der Waals surface area contributed by atoms with Crippen LogP contribution in [0.3, 0.4) is 0 Å². The molecular weight excluding hydrogens is 446 g/mol. The van der Waals surface area contributed by atoms with Gasteiger partial charge in [-0.2, -0.15) is 0 Å². The highest BCUT2D eigenvalue weighted by Crippen LogP contribution is 2.34. The van der Waals surface area contributed by atoms with E-state index in [9.17, 15) is 9.59 Å². The predicted octanol–water partition coefficient (Wildman–Crippen LogP) is 4.10. The van der Waals surface area contributed by atoms with Crippen molar-refractivity contribution >= 4 is 73.0 Å². The summed E-state index contributed by atoms with van der Waals surface area (Å²) in [6.07, 6.45) is 3.79. The molecule has 2 aromatic rings. The minimum atomic E-state index is -0.0971. The number of amides is 2. The Labute approximate surface area is 176 Å². The van der Waals surface area contributed by atoms with Crippen molar-refractivity contribution < 1.29 is 9.59 Å². The summed E-state index contributed by atoms with van der Waals surface area (Å²) in [5.74, 6) is -0.0219. The first-order valence-corrected chi connectivity index (χ1v) is 10.6. The lowest BCUT2D eigenvalue weighted by Crippen LogP contribution is -2.33. The zero-order valence-electron chi connectivity index (χ0n) is 15.4. The third-order valence-electron chi connectivity index (χ3n) is 4.57. The number of aromatic nitrogens is 1. The molecule has 0 spiro atoms. The molecule has 0 unspecified atom stereocenters. The first-order valence-electron chi connectivity index (χ1n) is 8.63. The summed E-state index contributed by atoms with van der Waals surface area (Å²) in [5, 5.41) is 0.984. The highest BCUT2D eigenvalue weighted by molar-refractivity contribution is 9.10. The summed E-state index contributed by atoms with van der Waals surface area (Å²) < 4.78 is 3.44. The number of carbonyl (C=O) groups excluding carboxylic acids is 2. The molecule has 2 heterocycles. The van der Waals surface area contributed by atoms with Crippen LogP contribution in [0.15, 0.2) is 33.8 Å². The molecule has 27 heavy (non-hydrogen) atoms. The molecule has 1 fully saturated rings. The summed E-state index contributed by atoms with van der Waals surface area (Å²) in [7, 11) is 1.68. The molecule has 1 saturated heterocycles. The normalized spacial score (nSPS) is 16.0. The number of hydrogen-bond donors (Lipinski definition) is 0. The van der Waals surface area contributed by atoms with Crippen LogP contribution in [0, 0.1) is 0 Å². The van der Waals surface area contributed by atoms with Gasteiger partial charge in [-0.1, -0.05) is 39.9 Å². The van der Waals surface area contributed by atoms with Gasteiger partial charge in [0.15, 0.2) is 0 Å². The van der Waals surface area contributed by atoms with Crippen molar-refractivity contribution in [1.29, 1.82) is 0 Å². The maximum Gasteiger partial charge on any atom is 0.265 e. The Balaban J connectivity index is 2.04. The lowest BCUT2D eigenvalue weighted by Gasteiger charge is -2.19. The van der Waals surface area contributed by atoms with Crippen LogP contribution in [0.1, 0.15) is 19.4 Å². The van der Waals surface area contributed by atoms with Crippen LogP contribution in [0.5, 0.6) is 0 Å². The van der Waals surface area contributed by atoms with Gasteiger partial charge in [-0.15, -0.1) is 0 Å². The fourth-order valence-electron chi connectivity index (χ4n) is 3.05. The number of halogens is 1. The number of rotatable bonds is 5. The van der Waals surface area contributed by atoms with E-state index in [1.807, 2.05) is 53.8 Å². The number of carbonyl (C=O) groups is 2. The second-order valence-corrected chi connectivity index (χ2v) is 8.77. The van der Waals surface area contributed by atoms with Crippen LogP contribution in [0.2, 0.25) is 0 Å². The SMILES string of the molecule is CCN(CC)C(=O)Cn1cc(/C=C2\SC(=S)N(C)C2=O)c2cc(Br)ccc21. The number of hydrogen-bond acceptors (Lipinski definition) is 4. The van der Waals surface area contributed by atoms with Gasteiger partial charge in [0.2, 0.25) is 5.91 Å². The van der Waals surface area contributed by atoms with Crippen molar-refractivity contribution in [3.8, 4) is 0 Å². The number of benzene rings is 1. The van der Waals surface area contributed by atoms with Gasteiger partial charge in [-0.25, -0.2) is 0 Å². The van der Waals surface area contributed by atoms with E-state index in [1.54, 1.807) is 7.05 Å². The Hall–Kier alpha value is -1.64. The number of likely N-dealkylation sites (N-methyl/N-ethyl adjacent to an activating group) is 2. The fourth-order valence-corrected chi connectivity index (χ4v) is 4.58. The van der Waals surface area contributed by atoms with E-state index in [0.717, 1.165) is 20.9 Å². The van der Waals surface area contributed by atoms with E-state index in [0.29, 0.717) is 22.3 Å². The Bertz CT molecular complexity index is 963. The maximum atomic E-state index is 12.6. The summed E-state index contributed by atoms with van der Waals surface area (Å²) in [6.45, 7) is 5.59. The highest BCUT2D eigenvalue weighted by Gasteiger charge is 2.29. The number of thioether (sulfide) groups is 1. The molecular formula is C19H20BrN3O2S2. The maximum absolute atomic E-state index is 12.6. The predicted molar refractivity (Wildman–Crippen MR) is 119 cm³/mol. The number of nitrogens with zero attached hydrogens (tertiary/aromatic N) is 3. The molecule has 1 aliphatic heterocycles. The fraction of sp³-hybridized carbons (Fsp3) is 0.316. The average Bonchev–Trinajstić information content (AvgIpc) is 3.08. The van der Waals surface area contributed by atoms with E-state index in [-0.39, 0.29) is 18.4 Å². The Morgan fingerprint density at radius 2 is 2.04 bits per heavy atom. The highest BCUT2D eigenvalue weighted by atomic mass is 79.9. The average molecular weight is 466 g/mol. The second kappa shape index (κ2) is 8.16. The van der Waals surface area contributed by atoms with Gasteiger partial charge < -0.3 is 9.47 Å². The molecule has 0 atom stereocenters. The van der Waals surface area contributed by atoms with Crippen molar-refractivity contribution in [2.75, 3.05) is 20.1 Å². The molecule has 142 valence electrons. The standard InChI is InChI=1S/C19H20BrN3O2S2/c1-4-22(5-2)17(24)11-23-10-12(14-9-13(20)6-7-15(14)23)8-16-18(25)21(3)19(26)27-16/h6-10H,4-5,11H2,1-3H3/b16-8-. The smallest absolute Gasteiger partial charge is 0.265 e. The molecule has 8 heteroatoms. The summed E-state index contributed by atoms with van der Waals surface area (Å²) in [5.41, 5.74) is 1.85. The second-order valence-electron chi connectivity index (χ2n) is 6.18. The first-order chi connectivity index (χ1) is 12.8. The summed E-state index contributed by atoms with van der Waals surface area (Å²) in [4.78, 5) is 28.8.